The predicted molar refractivity (Wildman–Crippen MR) is 72.6 cm³/mol. The van der Waals surface area contributed by atoms with Crippen molar-refractivity contribution in [3.8, 4) is 0 Å². The molecular weight excluding hydrogens is 208 g/mol. The summed E-state index contributed by atoms with van der Waals surface area (Å²) >= 11 is 0. The summed E-state index contributed by atoms with van der Waals surface area (Å²) in [5.41, 5.74) is 3.02. The SMILES string of the molecule is c1ccc2c(c1)CCN2CCC1CCCNC1. The van der Waals surface area contributed by atoms with Crippen molar-refractivity contribution in [3.05, 3.63) is 29.8 Å². The van der Waals surface area contributed by atoms with Crippen LogP contribution in [0.15, 0.2) is 24.3 Å². The number of piperidine rings is 1. The van der Waals surface area contributed by atoms with Gasteiger partial charge in [0.25, 0.3) is 0 Å². The number of hydrogen-bond donors (Lipinski definition) is 1. The lowest BCUT2D eigenvalue weighted by Gasteiger charge is -2.26. The van der Waals surface area contributed by atoms with E-state index in [1.165, 1.54) is 63.1 Å². The molecule has 1 aromatic carbocycles. The summed E-state index contributed by atoms with van der Waals surface area (Å²) in [5.74, 6) is 0.900. The van der Waals surface area contributed by atoms with E-state index in [0.717, 1.165) is 5.92 Å². The number of nitrogens with one attached hydrogen (secondary N) is 1. The van der Waals surface area contributed by atoms with Crippen molar-refractivity contribution in [2.75, 3.05) is 31.1 Å². The Bertz CT molecular complexity index is 369. The van der Waals surface area contributed by atoms with E-state index in [0.29, 0.717) is 0 Å². The van der Waals surface area contributed by atoms with Crippen LogP contribution in [0.4, 0.5) is 5.69 Å². The summed E-state index contributed by atoms with van der Waals surface area (Å²) in [7, 11) is 0. The molecule has 1 atom stereocenters. The molecule has 17 heavy (non-hydrogen) atoms. The Morgan fingerprint density at radius 3 is 3.12 bits per heavy atom. The van der Waals surface area contributed by atoms with Crippen molar-refractivity contribution in [2.45, 2.75) is 25.7 Å². The molecule has 0 saturated carbocycles. The number of anilines is 1. The van der Waals surface area contributed by atoms with Crippen LogP contribution in [0.1, 0.15) is 24.8 Å². The Kier molecular flexibility index (Phi) is 3.32. The van der Waals surface area contributed by atoms with E-state index < -0.39 is 0 Å². The van der Waals surface area contributed by atoms with E-state index in [1.807, 2.05) is 0 Å². The topological polar surface area (TPSA) is 15.3 Å². The summed E-state index contributed by atoms with van der Waals surface area (Å²) in [6.45, 7) is 4.92. The van der Waals surface area contributed by atoms with E-state index in [9.17, 15) is 0 Å². The van der Waals surface area contributed by atoms with Crippen molar-refractivity contribution in [1.82, 2.24) is 5.32 Å². The Morgan fingerprint density at radius 2 is 2.24 bits per heavy atom. The van der Waals surface area contributed by atoms with Crippen molar-refractivity contribution < 1.29 is 0 Å². The third kappa shape index (κ3) is 2.47. The number of nitrogens with zero attached hydrogens (tertiary/aromatic N) is 1. The first kappa shape index (κ1) is 11.1. The van der Waals surface area contributed by atoms with Crippen molar-refractivity contribution in [2.24, 2.45) is 5.92 Å². The van der Waals surface area contributed by atoms with Crippen LogP contribution in [0, 0.1) is 5.92 Å². The molecule has 1 aromatic rings. The Morgan fingerprint density at radius 1 is 1.29 bits per heavy atom. The highest BCUT2D eigenvalue weighted by Crippen LogP contribution is 2.28. The van der Waals surface area contributed by atoms with Crippen LogP contribution in [0.2, 0.25) is 0 Å². The van der Waals surface area contributed by atoms with Gasteiger partial charge in [-0.15, -0.1) is 0 Å². The van der Waals surface area contributed by atoms with Crippen LogP contribution in [0.5, 0.6) is 0 Å². The Balaban J connectivity index is 1.56. The van der Waals surface area contributed by atoms with E-state index in [1.54, 1.807) is 0 Å². The number of para-hydroxylation sites is 1. The summed E-state index contributed by atoms with van der Waals surface area (Å²) < 4.78 is 0. The first-order valence-electron chi connectivity index (χ1n) is 6.97. The summed E-state index contributed by atoms with van der Waals surface area (Å²) in [6.07, 6.45) is 5.37. The molecular formula is C15H22N2. The normalized spacial score (nSPS) is 23.8. The lowest BCUT2D eigenvalue weighted by Crippen LogP contribution is -2.32. The second-order valence-corrected chi connectivity index (χ2v) is 5.37. The second-order valence-electron chi connectivity index (χ2n) is 5.37. The van der Waals surface area contributed by atoms with Gasteiger partial charge in [-0.2, -0.15) is 0 Å². The lowest BCUT2D eigenvalue weighted by atomic mass is 9.96. The van der Waals surface area contributed by atoms with Gasteiger partial charge in [0.05, 0.1) is 0 Å². The zero-order valence-electron chi connectivity index (χ0n) is 10.5. The maximum absolute atomic E-state index is 3.51. The molecule has 92 valence electrons. The summed E-state index contributed by atoms with van der Waals surface area (Å²) in [6, 6.07) is 8.88. The average molecular weight is 230 g/mol. The minimum Gasteiger partial charge on any atom is -0.371 e. The van der Waals surface area contributed by atoms with E-state index >= 15 is 0 Å². The average Bonchev–Trinajstić information content (AvgIpc) is 2.81. The van der Waals surface area contributed by atoms with Crippen LogP contribution >= 0.6 is 0 Å². The smallest absolute Gasteiger partial charge is 0.0399 e. The highest BCUT2D eigenvalue weighted by molar-refractivity contribution is 5.57. The predicted octanol–water partition coefficient (Wildman–Crippen LogP) is 2.44. The summed E-state index contributed by atoms with van der Waals surface area (Å²) in [4.78, 5) is 2.57. The molecule has 2 nitrogen and oxygen atoms in total. The van der Waals surface area contributed by atoms with E-state index in [-0.39, 0.29) is 0 Å². The summed E-state index contributed by atoms with van der Waals surface area (Å²) in [5, 5.41) is 3.51. The molecule has 0 aliphatic carbocycles. The second kappa shape index (κ2) is 5.09. The molecule has 1 N–H and O–H groups in total. The van der Waals surface area contributed by atoms with Crippen molar-refractivity contribution in [3.63, 3.8) is 0 Å². The molecule has 0 aromatic heterocycles. The number of benzene rings is 1. The molecule has 2 heteroatoms. The van der Waals surface area contributed by atoms with Gasteiger partial charge >= 0.3 is 0 Å². The first-order chi connectivity index (χ1) is 8.43. The lowest BCUT2D eigenvalue weighted by molar-refractivity contribution is 0.359. The van der Waals surface area contributed by atoms with Gasteiger partial charge in [0.2, 0.25) is 0 Å². The number of hydrogen-bond acceptors (Lipinski definition) is 2. The first-order valence-corrected chi connectivity index (χ1v) is 6.97. The van der Waals surface area contributed by atoms with Gasteiger partial charge in [-0.05, 0) is 56.3 Å². The minimum atomic E-state index is 0.900. The Hall–Kier alpha value is -1.02. The maximum atomic E-state index is 3.51. The van der Waals surface area contributed by atoms with Crippen molar-refractivity contribution >= 4 is 5.69 Å². The fourth-order valence-corrected chi connectivity index (χ4v) is 3.15. The zero-order valence-corrected chi connectivity index (χ0v) is 10.5. The molecule has 0 spiro atoms. The number of rotatable bonds is 3. The largest absolute Gasteiger partial charge is 0.371 e. The van der Waals surface area contributed by atoms with Gasteiger partial charge in [-0.1, -0.05) is 18.2 Å². The van der Waals surface area contributed by atoms with Gasteiger partial charge in [-0.25, -0.2) is 0 Å². The highest BCUT2D eigenvalue weighted by atomic mass is 15.1. The maximum Gasteiger partial charge on any atom is 0.0399 e. The zero-order chi connectivity index (χ0) is 11.5. The van der Waals surface area contributed by atoms with Crippen LogP contribution in [0.3, 0.4) is 0 Å². The van der Waals surface area contributed by atoms with Gasteiger partial charge < -0.3 is 10.2 Å². The Labute approximate surface area is 104 Å². The molecule has 0 amide bonds. The van der Waals surface area contributed by atoms with Gasteiger partial charge in [0.1, 0.15) is 0 Å². The molecule has 2 heterocycles. The van der Waals surface area contributed by atoms with Crippen LogP contribution in [-0.4, -0.2) is 26.2 Å². The number of fused-ring (bicyclic) bond motifs is 1. The minimum absolute atomic E-state index is 0.900. The van der Waals surface area contributed by atoms with Gasteiger partial charge in [-0.3, -0.25) is 0 Å². The third-order valence-electron chi connectivity index (χ3n) is 4.19. The fraction of sp³-hybridized carbons (Fsp3) is 0.600. The quantitative estimate of drug-likeness (QED) is 0.858. The molecule has 1 saturated heterocycles. The molecule has 2 aliphatic rings. The van der Waals surface area contributed by atoms with Gasteiger partial charge in [0, 0.05) is 18.8 Å². The molecule has 1 fully saturated rings. The standard InChI is InChI=1S/C15H22N2/c1-2-6-15-14(5-1)8-11-17(15)10-7-13-4-3-9-16-12-13/h1-2,5-6,13,16H,3-4,7-12H2. The van der Waals surface area contributed by atoms with Gasteiger partial charge in [0.15, 0.2) is 0 Å². The highest BCUT2D eigenvalue weighted by Gasteiger charge is 2.20. The van der Waals surface area contributed by atoms with Crippen LogP contribution in [0.25, 0.3) is 0 Å². The van der Waals surface area contributed by atoms with Crippen LogP contribution < -0.4 is 10.2 Å². The fourth-order valence-electron chi connectivity index (χ4n) is 3.15. The molecule has 1 unspecified atom stereocenters. The molecule has 2 aliphatic heterocycles. The van der Waals surface area contributed by atoms with E-state index in [4.69, 9.17) is 0 Å². The molecule has 0 bridgehead atoms. The third-order valence-corrected chi connectivity index (χ3v) is 4.19. The molecule has 3 rings (SSSR count). The van der Waals surface area contributed by atoms with E-state index in [2.05, 4.69) is 34.5 Å². The monoisotopic (exact) mass is 230 g/mol. The van der Waals surface area contributed by atoms with Crippen LogP contribution in [-0.2, 0) is 6.42 Å². The van der Waals surface area contributed by atoms with Crippen molar-refractivity contribution in [1.29, 1.82) is 0 Å². The molecule has 0 radical (unpaired) electrons.